The van der Waals surface area contributed by atoms with Gasteiger partial charge in [-0.3, -0.25) is 14.2 Å². The molecule has 126 valence electrons. The van der Waals surface area contributed by atoms with E-state index in [-0.39, 0.29) is 11.5 Å². The molecular weight excluding hydrogens is 368 g/mol. The molecule has 1 amide bonds. The molecule has 0 aliphatic heterocycles. The molecule has 0 saturated carbocycles. The van der Waals surface area contributed by atoms with E-state index in [4.69, 9.17) is 0 Å². The number of carbonyl (C=O) groups excluding carboxylic acids is 1. The monoisotopic (exact) mass is 388 g/mol. The number of unbranched alkanes of at least 4 members (excludes halogenated alkanes) is 1. The molecule has 1 heterocycles. The van der Waals surface area contributed by atoms with Gasteiger partial charge < -0.3 is 4.90 Å². The summed E-state index contributed by atoms with van der Waals surface area (Å²) in [4.78, 5) is 26.7. The van der Waals surface area contributed by atoms with Crippen molar-refractivity contribution < 1.29 is 4.79 Å². The van der Waals surface area contributed by atoms with Crippen LogP contribution in [-0.2, 0) is 4.79 Å². The first-order valence-electron chi connectivity index (χ1n) is 7.93. The van der Waals surface area contributed by atoms with Crippen LogP contribution in [0.5, 0.6) is 0 Å². The quantitative estimate of drug-likeness (QED) is 0.704. The highest BCUT2D eigenvalue weighted by Gasteiger charge is 2.17. The number of likely N-dealkylation sites (N-methyl/N-ethyl adjacent to an activating group) is 1. The van der Waals surface area contributed by atoms with Gasteiger partial charge in [-0.05, 0) is 36.3 Å². The Hall–Kier alpha value is -2.14. The predicted octanol–water partition coefficient (Wildman–Crippen LogP) is 3.87. The van der Waals surface area contributed by atoms with Crippen LogP contribution in [-0.4, -0.2) is 29.0 Å². The largest absolute Gasteiger partial charge is 0.340 e. The van der Waals surface area contributed by atoms with Gasteiger partial charge in [0.25, 0.3) is 11.5 Å². The molecule has 0 unspecified atom stereocenters. The number of carbonyl (C=O) groups is 1. The van der Waals surface area contributed by atoms with Crippen molar-refractivity contribution in [2.24, 2.45) is 0 Å². The lowest BCUT2D eigenvalue weighted by Crippen LogP contribution is -2.33. The summed E-state index contributed by atoms with van der Waals surface area (Å²) in [6.45, 7) is 2.74. The Labute approximate surface area is 150 Å². The summed E-state index contributed by atoms with van der Waals surface area (Å²) < 4.78 is 2.36. The maximum atomic E-state index is 12.9. The highest BCUT2D eigenvalue weighted by molar-refractivity contribution is 9.10. The van der Waals surface area contributed by atoms with Crippen molar-refractivity contribution in [2.45, 2.75) is 19.8 Å². The molecule has 0 saturated heterocycles. The Balaban J connectivity index is 2.45. The van der Waals surface area contributed by atoms with Gasteiger partial charge in [0, 0.05) is 30.3 Å². The van der Waals surface area contributed by atoms with E-state index in [2.05, 4.69) is 22.9 Å². The van der Waals surface area contributed by atoms with Crippen LogP contribution in [0.1, 0.15) is 25.3 Å². The molecule has 0 fully saturated rings. The predicted molar refractivity (Wildman–Crippen MR) is 102 cm³/mol. The third kappa shape index (κ3) is 4.68. The Morgan fingerprint density at radius 2 is 1.92 bits per heavy atom. The lowest BCUT2D eigenvalue weighted by molar-refractivity contribution is -0.124. The summed E-state index contributed by atoms with van der Waals surface area (Å²) in [6, 6.07) is 12.5. The number of pyridine rings is 1. The molecule has 0 spiro atoms. The SMILES string of the molecule is CCCCN(C)C(=O)C(=Cc1ccc(Br)cc1)n1ccccc1=O. The molecule has 5 heteroatoms. The normalized spacial score (nSPS) is 11.4. The van der Waals surface area contributed by atoms with Crippen molar-refractivity contribution >= 4 is 33.6 Å². The first-order valence-corrected chi connectivity index (χ1v) is 8.73. The van der Waals surface area contributed by atoms with Crippen molar-refractivity contribution in [3.05, 3.63) is 69.1 Å². The molecule has 0 aliphatic carbocycles. The second kappa shape index (κ2) is 8.64. The lowest BCUT2D eigenvalue weighted by atomic mass is 10.1. The van der Waals surface area contributed by atoms with Gasteiger partial charge in [0.2, 0.25) is 0 Å². The van der Waals surface area contributed by atoms with E-state index in [0.717, 1.165) is 22.9 Å². The van der Waals surface area contributed by atoms with E-state index in [1.54, 1.807) is 36.4 Å². The number of hydrogen-bond donors (Lipinski definition) is 0. The standard InChI is InChI=1S/C19H21BrN2O2/c1-3-4-12-21(2)19(24)17(22-13-6-5-7-18(22)23)14-15-8-10-16(20)11-9-15/h5-11,13-14H,3-4,12H2,1-2H3. The van der Waals surface area contributed by atoms with Crippen LogP contribution >= 0.6 is 15.9 Å². The Morgan fingerprint density at radius 1 is 1.21 bits per heavy atom. The van der Waals surface area contributed by atoms with Gasteiger partial charge >= 0.3 is 0 Å². The zero-order valence-corrected chi connectivity index (χ0v) is 15.5. The van der Waals surface area contributed by atoms with E-state index in [9.17, 15) is 9.59 Å². The fourth-order valence-electron chi connectivity index (χ4n) is 2.27. The number of hydrogen-bond acceptors (Lipinski definition) is 2. The van der Waals surface area contributed by atoms with Crippen LogP contribution in [0, 0.1) is 0 Å². The van der Waals surface area contributed by atoms with Crippen LogP contribution in [0.15, 0.2) is 57.9 Å². The Bertz CT molecular complexity index is 778. The van der Waals surface area contributed by atoms with Gasteiger partial charge in [-0.25, -0.2) is 0 Å². The van der Waals surface area contributed by atoms with E-state index in [1.807, 2.05) is 24.3 Å². The topological polar surface area (TPSA) is 42.3 Å². The highest BCUT2D eigenvalue weighted by Crippen LogP contribution is 2.16. The fourth-order valence-corrected chi connectivity index (χ4v) is 2.53. The van der Waals surface area contributed by atoms with Crippen molar-refractivity contribution in [2.75, 3.05) is 13.6 Å². The summed E-state index contributed by atoms with van der Waals surface area (Å²) in [5.41, 5.74) is 0.987. The number of aromatic nitrogens is 1. The summed E-state index contributed by atoms with van der Waals surface area (Å²) in [6.07, 6.45) is 5.31. The van der Waals surface area contributed by atoms with Crippen LogP contribution < -0.4 is 5.56 Å². The first kappa shape index (κ1) is 18.2. The zero-order valence-electron chi connectivity index (χ0n) is 13.9. The van der Waals surface area contributed by atoms with Crippen molar-refractivity contribution in [1.82, 2.24) is 9.47 Å². The summed E-state index contributed by atoms with van der Waals surface area (Å²) in [7, 11) is 1.77. The number of nitrogens with zero attached hydrogens (tertiary/aromatic N) is 2. The van der Waals surface area contributed by atoms with Gasteiger partial charge in [0.1, 0.15) is 5.70 Å². The molecule has 2 aromatic rings. The van der Waals surface area contributed by atoms with Gasteiger partial charge in [-0.15, -0.1) is 0 Å². The molecule has 24 heavy (non-hydrogen) atoms. The van der Waals surface area contributed by atoms with Crippen molar-refractivity contribution in [3.63, 3.8) is 0 Å². The second-order valence-corrected chi connectivity index (χ2v) is 6.49. The number of rotatable bonds is 6. The second-order valence-electron chi connectivity index (χ2n) is 5.57. The van der Waals surface area contributed by atoms with Gasteiger partial charge in [-0.2, -0.15) is 0 Å². The van der Waals surface area contributed by atoms with Crippen LogP contribution in [0.3, 0.4) is 0 Å². The molecule has 0 radical (unpaired) electrons. The van der Waals surface area contributed by atoms with Gasteiger partial charge in [0.15, 0.2) is 0 Å². The highest BCUT2D eigenvalue weighted by atomic mass is 79.9. The van der Waals surface area contributed by atoms with E-state index in [0.29, 0.717) is 12.2 Å². The fraction of sp³-hybridized carbons (Fsp3) is 0.263. The number of halogens is 1. The summed E-state index contributed by atoms with van der Waals surface area (Å²) >= 11 is 3.40. The maximum Gasteiger partial charge on any atom is 0.270 e. The number of amides is 1. The Kier molecular flexibility index (Phi) is 6.55. The molecule has 0 N–H and O–H groups in total. The van der Waals surface area contributed by atoms with Crippen molar-refractivity contribution in [1.29, 1.82) is 0 Å². The van der Waals surface area contributed by atoms with E-state index >= 15 is 0 Å². The van der Waals surface area contributed by atoms with Crippen molar-refractivity contribution in [3.8, 4) is 0 Å². The van der Waals surface area contributed by atoms with Gasteiger partial charge in [0.05, 0.1) is 0 Å². The van der Waals surface area contributed by atoms with E-state index < -0.39 is 0 Å². The maximum absolute atomic E-state index is 12.9. The minimum Gasteiger partial charge on any atom is -0.340 e. The van der Waals surface area contributed by atoms with Crippen LogP contribution in [0.4, 0.5) is 0 Å². The molecule has 4 nitrogen and oxygen atoms in total. The molecule has 0 aliphatic rings. The number of benzene rings is 1. The van der Waals surface area contributed by atoms with Crippen LogP contribution in [0.25, 0.3) is 11.8 Å². The average molecular weight is 389 g/mol. The first-order chi connectivity index (χ1) is 11.5. The average Bonchev–Trinajstić information content (AvgIpc) is 2.59. The minimum absolute atomic E-state index is 0.167. The molecule has 0 bridgehead atoms. The molecule has 2 rings (SSSR count). The molecule has 0 atom stereocenters. The Morgan fingerprint density at radius 3 is 2.54 bits per heavy atom. The molecule has 1 aromatic carbocycles. The summed E-state index contributed by atoms with van der Waals surface area (Å²) in [5.74, 6) is -0.167. The smallest absolute Gasteiger partial charge is 0.270 e. The third-order valence-corrected chi connectivity index (χ3v) is 4.20. The van der Waals surface area contributed by atoms with Crippen LogP contribution in [0.2, 0.25) is 0 Å². The van der Waals surface area contributed by atoms with E-state index in [1.165, 1.54) is 10.6 Å². The molecular formula is C19H21BrN2O2. The zero-order chi connectivity index (χ0) is 17.5. The lowest BCUT2D eigenvalue weighted by Gasteiger charge is -2.19. The molecule has 1 aromatic heterocycles. The third-order valence-electron chi connectivity index (χ3n) is 3.67. The minimum atomic E-state index is -0.224. The summed E-state index contributed by atoms with van der Waals surface area (Å²) in [5, 5.41) is 0. The van der Waals surface area contributed by atoms with Gasteiger partial charge in [-0.1, -0.05) is 47.5 Å².